The smallest absolute Gasteiger partial charge is 0.231 e. The average molecular weight is 420 g/mol. The highest BCUT2D eigenvalue weighted by atomic mass is 16.7. The molecule has 9 nitrogen and oxygen atoms in total. The highest BCUT2D eigenvalue weighted by Crippen LogP contribution is 2.32. The van der Waals surface area contributed by atoms with E-state index in [4.69, 9.17) is 19.9 Å². The molecule has 3 heterocycles. The third-order valence-electron chi connectivity index (χ3n) is 5.17. The first-order valence-electron chi connectivity index (χ1n) is 10.2. The molecule has 9 heteroatoms. The molecule has 3 aromatic rings. The van der Waals surface area contributed by atoms with Crippen molar-refractivity contribution < 1.29 is 14.2 Å². The second kappa shape index (κ2) is 8.57. The van der Waals surface area contributed by atoms with E-state index in [2.05, 4.69) is 37.6 Å². The molecule has 0 atom stereocenters. The SMILES string of the molecule is Nc1nc(NCc2ccc3c(c2)OCO3)cc(Nc2ccc(N3CCOCC3)cc2)n1. The van der Waals surface area contributed by atoms with Crippen molar-refractivity contribution in [1.29, 1.82) is 0 Å². The number of anilines is 5. The van der Waals surface area contributed by atoms with Gasteiger partial charge in [-0.05, 0) is 42.0 Å². The van der Waals surface area contributed by atoms with Crippen LogP contribution in [0.15, 0.2) is 48.5 Å². The van der Waals surface area contributed by atoms with Gasteiger partial charge in [0.25, 0.3) is 0 Å². The molecule has 2 aliphatic rings. The Kier molecular flexibility index (Phi) is 5.32. The first-order chi connectivity index (χ1) is 15.2. The lowest BCUT2D eigenvalue weighted by molar-refractivity contribution is 0.122. The molecule has 0 bridgehead atoms. The summed E-state index contributed by atoms with van der Waals surface area (Å²) in [5.41, 5.74) is 9.08. The molecule has 160 valence electrons. The Morgan fingerprint density at radius 3 is 2.52 bits per heavy atom. The maximum Gasteiger partial charge on any atom is 0.231 e. The van der Waals surface area contributed by atoms with Crippen LogP contribution in [0.1, 0.15) is 5.56 Å². The Morgan fingerprint density at radius 1 is 0.903 bits per heavy atom. The Labute approximate surface area is 180 Å². The van der Waals surface area contributed by atoms with Crippen LogP contribution in [0.4, 0.5) is 29.0 Å². The van der Waals surface area contributed by atoms with Crippen LogP contribution in [0.2, 0.25) is 0 Å². The quantitative estimate of drug-likeness (QED) is 0.555. The van der Waals surface area contributed by atoms with E-state index in [1.165, 1.54) is 5.69 Å². The van der Waals surface area contributed by atoms with Crippen LogP contribution in [-0.4, -0.2) is 43.1 Å². The monoisotopic (exact) mass is 420 g/mol. The van der Waals surface area contributed by atoms with Gasteiger partial charge < -0.3 is 35.5 Å². The highest BCUT2D eigenvalue weighted by molar-refractivity contribution is 5.63. The van der Waals surface area contributed by atoms with Crippen LogP contribution in [0.3, 0.4) is 0 Å². The molecule has 5 rings (SSSR count). The van der Waals surface area contributed by atoms with Gasteiger partial charge in [-0.1, -0.05) is 6.07 Å². The number of aromatic nitrogens is 2. The molecular formula is C22H24N6O3. The molecule has 0 amide bonds. The Bertz CT molecular complexity index is 1050. The Morgan fingerprint density at radius 2 is 1.68 bits per heavy atom. The van der Waals surface area contributed by atoms with Crippen LogP contribution in [0.5, 0.6) is 11.5 Å². The third-order valence-corrected chi connectivity index (χ3v) is 5.17. The Hall–Kier alpha value is -3.72. The largest absolute Gasteiger partial charge is 0.454 e. The number of nitrogens with zero attached hydrogens (tertiary/aromatic N) is 3. The first kappa shape index (κ1) is 19.3. The zero-order valence-corrected chi connectivity index (χ0v) is 17.0. The van der Waals surface area contributed by atoms with Gasteiger partial charge in [-0.3, -0.25) is 0 Å². The predicted molar refractivity (Wildman–Crippen MR) is 119 cm³/mol. The number of rotatable bonds is 6. The van der Waals surface area contributed by atoms with Gasteiger partial charge in [0, 0.05) is 37.1 Å². The van der Waals surface area contributed by atoms with Gasteiger partial charge in [0.15, 0.2) is 11.5 Å². The molecule has 0 saturated carbocycles. The highest BCUT2D eigenvalue weighted by Gasteiger charge is 2.14. The number of ether oxygens (including phenoxy) is 3. The third kappa shape index (κ3) is 4.56. The fourth-order valence-corrected chi connectivity index (χ4v) is 3.59. The number of hydrogen-bond acceptors (Lipinski definition) is 9. The standard InChI is InChI=1S/C22H24N6O3/c23-22-26-20(24-13-15-1-6-18-19(11-15)31-14-30-18)12-21(27-22)25-16-2-4-17(5-3-16)28-7-9-29-10-8-28/h1-6,11-12H,7-10,13-14H2,(H4,23,24,25,26,27). The molecule has 2 aliphatic heterocycles. The van der Waals surface area contributed by atoms with E-state index in [1.54, 1.807) is 0 Å². The second-order valence-corrected chi connectivity index (χ2v) is 7.31. The number of nitrogens with one attached hydrogen (secondary N) is 2. The molecule has 31 heavy (non-hydrogen) atoms. The topological polar surface area (TPSA) is 107 Å². The molecule has 0 aliphatic carbocycles. The van der Waals surface area contributed by atoms with Crippen molar-refractivity contribution in [1.82, 2.24) is 9.97 Å². The van der Waals surface area contributed by atoms with E-state index in [0.29, 0.717) is 18.2 Å². The first-order valence-corrected chi connectivity index (χ1v) is 10.2. The van der Waals surface area contributed by atoms with Gasteiger partial charge in [0.05, 0.1) is 13.2 Å². The van der Waals surface area contributed by atoms with Gasteiger partial charge in [-0.25, -0.2) is 0 Å². The van der Waals surface area contributed by atoms with Gasteiger partial charge in [-0.15, -0.1) is 0 Å². The molecule has 0 radical (unpaired) electrons. The number of morpholine rings is 1. The summed E-state index contributed by atoms with van der Waals surface area (Å²) in [4.78, 5) is 10.9. The lowest BCUT2D eigenvalue weighted by Gasteiger charge is -2.28. The van der Waals surface area contributed by atoms with Gasteiger partial charge in [-0.2, -0.15) is 9.97 Å². The minimum atomic E-state index is 0.197. The number of nitrogen functional groups attached to an aromatic ring is 1. The van der Waals surface area contributed by atoms with Crippen LogP contribution < -0.4 is 30.7 Å². The summed E-state index contributed by atoms with van der Waals surface area (Å²) >= 11 is 0. The van der Waals surface area contributed by atoms with Crippen molar-refractivity contribution in [3.05, 3.63) is 54.1 Å². The molecule has 0 spiro atoms. The minimum absolute atomic E-state index is 0.197. The van der Waals surface area contributed by atoms with Gasteiger partial charge in [0.2, 0.25) is 12.7 Å². The van der Waals surface area contributed by atoms with Crippen molar-refractivity contribution in [2.75, 3.05) is 54.4 Å². The molecule has 1 saturated heterocycles. The fraction of sp³-hybridized carbons (Fsp3) is 0.273. The zero-order valence-electron chi connectivity index (χ0n) is 17.0. The fourth-order valence-electron chi connectivity index (χ4n) is 3.59. The van der Waals surface area contributed by atoms with Crippen LogP contribution in [0.25, 0.3) is 0 Å². The van der Waals surface area contributed by atoms with Gasteiger partial charge in [0.1, 0.15) is 11.6 Å². The maximum absolute atomic E-state index is 5.92. The van der Waals surface area contributed by atoms with Crippen molar-refractivity contribution in [3.63, 3.8) is 0 Å². The molecule has 0 unspecified atom stereocenters. The summed E-state index contributed by atoms with van der Waals surface area (Å²) in [5, 5.41) is 6.58. The molecule has 1 aromatic heterocycles. The van der Waals surface area contributed by atoms with E-state index in [1.807, 2.05) is 36.4 Å². The minimum Gasteiger partial charge on any atom is -0.454 e. The van der Waals surface area contributed by atoms with Crippen molar-refractivity contribution in [2.45, 2.75) is 6.54 Å². The number of benzene rings is 2. The van der Waals surface area contributed by atoms with Gasteiger partial charge >= 0.3 is 0 Å². The predicted octanol–water partition coefficient (Wildman–Crippen LogP) is 2.98. The summed E-state index contributed by atoms with van der Waals surface area (Å²) < 4.78 is 16.2. The lowest BCUT2D eigenvalue weighted by Crippen LogP contribution is -2.36. The summed E-state index contributed by atoms with van der Waals surface area (Å²) in [6.07, 6.45) is 0. The van der Waals surface area contributed by atoms with E-state index in [0.717, 1.165) is 49.1 Å². The van der Waals surface area contributed by atoms with E-state index < -0.39 is 0 Å². The molecule has 4 N–H and O–H groups in total. The van der Waals surface area contributed by atoms with Crippen LogP contribution >= 0.6 is 0 Å². The number of fused-ring (bicyclic) bond motifs is 1. The lowest BCUT2D eigenvalue weighted by atomic mass is 10.2. The summed E-state index contributed by atoms with van der Waals surface area (Å²) in [6.45, 7) is 4.18. The van der Waals surface area contributed by atoms with E-state index >= 15 is 0 Å². The number of nitrogens with two attached hydrogens (primary N) is 1. The van der Waals surface area contributed by atoms with E-state index in [9.17, 15) is 0 Å². The summed E-state index contributed by atoms with van der Waals surface area (Å²) in [6, 6.07) is 15.9. The summed E-state index contributed by atoms with van der Waals surface area (Å²) in [7, 11) is 0. The van der Waals surface area contributed by atoms with Crippen molar-refractivity contribution >= 4 is 29.0 Å². The zero-order chi connectivity index (χ0) is 21.0. The number of hydrogen-bond donors (Lipinski definition) is 3. The average Bonchev–Trinajstić information content (AvgIpc) is 3.26. The van der Waals surface area contributed by atoms with Crippen LogP contribution in [0, 0.1) is 0 Å². The summed E-state index contributed by atoms with van der Waals surface area (Å²) in [5.74, 6) is 2.98. The molecule has 2 aromatic carbocycles. The normalized spacial score (nSPS) is 15.0. The maximum atomic E-state index is 5.92. The van der Waals surface area contributed by atoms with Crippen molar-refractivity contribution in [2.24, 2.45) is 0 Å². The van der Waals surface area contributed by atoms with E-state index in [-0.39, 0.29) is 12.7 Å². The van der Waals surface area contributed by atoms with Crippen molar-refractivity contribution in [3.8, 4) is 11.5 Å². The Balaban J connectivity index is 1.24. The van der Waals surface area contributed by atoms with Crippen LogP contribution in [-0.2, 0) is 11.3 Å². The molecular weight excluding hydrogens is 396 g/mol. The second-order valence-electron chi connectivity index (χ2n) is 7.31. The molecule has 1 fully saturated rings.